The Morgan fingerprint density at radius 2 is 2.15 bits per heavy atom. The van der Waals surface area contributed by atoms with Gasteiger partial charge in [0.05, 0.1) is 5.56 Å². The maximum absolute atomic E-state index is 7.97. The number of thioether (sulfide) groups is 1. The van der Waals surface area contributed by atoms with Crippen LogP contribution in [0, 0.1) is 5.41 Å². The van der Waals surface area contributed by atoms with Crippen LogP contribution in [-0.2, 0) is 0 Å². The van der Waals surface area contributed by atoms with Crippen LogP contribution in [-0.4, -0.2) is 24.2 Å². The summed E-state index contributed by atoms with van der Waals surface area (Å²) in [5.74, 6) is 1.20. The van der Waals surface area contributed by atoms with Crippen molar-refractivity contribution in [1.82, 2.24) is 0 Å². The summed E-state index contributed by atoms with van der Waals surface area (Å²) >= 11 is 1.77. The van der Waals surface area contributed by atoms with Crippen LogP contribution in [0.25, 0.3) is 0 Å². The van der Waals surface area contributed by atoms with Crippen molar-refractivity contribution in [2.75, 3.05) is 17.2 Å². The number of nitrogens with zero attached hydrogens (tertiary/aromatic N) is 1. The topological polar surface area (TPSA) is 53.1 Å². The molecule has 0 saturated heterocycles. The molecule has 1 fully saturated rings. The molecule has 1 aliphatic carbocycles. The summed E-state index contributed by atoms with van der Waals surface area (Å²) < 4.78 is 0. The molecule has 110 valence electrons. The highest BCUT2D eigenvalue weighted by molar-refractivity contribution is 7.99. The van der Waals surface area contributed by atoms with Gasteiger partial charge in [0.25, 0.3) is 0 Å². The molecule has 0 heterocycles. The lowest BCUT2D eigenvalue weighted by atomic mass is 10.1. The van der Waals surface area contributed by atoms with Gasteiger partial charge in [0.2, 0.25) is 0 Å². The van der Waals surface area contributed by atoms with Gasteiger partial charge in [0.1, 0.15) is 5.84 Å². The van der Waals surface area contributed by atoms with Crippen molar-refractivity contribution in [3.63, 3.8) is 0 Å². The van der Waals surface area contributed by atoms with E-state index in [1.807, 2.05) is 0 Å². The molecule has 0 spiro atoms. The number of benzene rings is 1. The monoisotopic (exact) mass is 291 g/mol. The fourth-order valence-electron chi connectivity index (χ4n) is 2.52. The van der Waals surface area contributed by atoms with Gasteiger partial charge in [-0.3, -0.25) is 5.41 Å². The van der Waals surface area contributed by atoms with Gasteiger partial charge >= 0.3 is 0 Å². The van der Waals surface area contributed by atoms with Crippen molar-refractivity contribution in [3.8, 4) is 0 Å². The van der Waals surface area contributed by atoms with E-state index >= 15 is 0 Å². The standard InChI is InChI=1S/C16H25N3S/c1-3-5-11-19(12-9-10-12)13-7-6-8-14(20-4-2)15(13)16(17)18/h6-8,12H,3-5,9-11H2,1-2H3,(H3,17,18). The predicted octanol–water partition coefficient (Wildman–Crippen LogP) is 3.85. The average molecular weight is 291 g/mol. The van der Waals surface area contributed by atoms with Gasteiger partial charge in [0, 0.05) is 23.2 Å². The van der Waals surface area contributed by atoms with Crippen molar-refractivity contribution in [2.45, 2.75) is 50.5 Å². The van der Waals surface area contributed by atoms with Crippen LogP contribution in [0.15, 0.2) is 23.1 Å². The van der Waals surface area contributed by atoms with E-state index in [0.717, 1.165) is 28.4 Å². The predicted molar refractivity (Wildman–Crippen MR) is 89.1 cm³/mol. The van der Waals surface area contributed by atoms with Crippen molar-refractivity contribution in [3.05, 3.63) is 23.8 Å². The third-order valence-corrected chi connectivity index (χ3v) is 4.56. The second-order valence-electron chi connectivity index (χ2n) is 5.28. The highest BCUT2D eigenvalue weighted by Gasteiger charge is 2.30. The Morgan fingerprint density at radius 3 is 2.70 bits per heavy atom. The highest BCUT2D eigenvalue weighted by atomic mass is 32.2. The quantitative estimate of drug-likeness (QED) is 0.434. The third kappa shape index (κ3) is 3.48. The second kappa shape index (κ2) is 7.02. The number of hydrogen-bond donors (Lipinski definition) is 2. The molecule has 1 aliphatic rings. The Hall–Kier alpha value is -1.16. The number of amidine groups is 1. The number of unbranched alkanes of at least 4 members (excludes halogenated alkanes) is 1. The van der Waals surface area contributed by atoms with E-state index in [1.54, 1.807) is 11.8 Å². The SMILES string of the molecule is CCCCN(c1cccc(SCC)c1C(=N)N)C1CC1. The van der Waals surface area contributed by atoms with Crippen LogP contribution in [0.5, 0.6) is 0 Å². The molecule has 0 aromatic heterocycles. The summed E-state index contributed by atoms with van der Waals surface area (Å²) in [5, 5.41) is 7.97. The van der Waals surface area contributed by atoms with Gasteiger partial charge in [-0.15, -0.1) is 11.8 Å². The smallest absolute Gasteiger partial charge is 0.126 e. The molecule has 0 aliphatic heterocycles. The van der Waals surface area contributed by atoms with Gasteiger partial charge in [-0.2, -0.15) is 0 Å². The van der Waals surface area contributed by atoms with Gasteiger partial charge in [0.15, 0.2) is 0 Å². The van der Waals surface area contributed by atoms with Crippen molar-refractivity contribution in [2.24, 2.45) is 5.73 Å². The summed E-state index contributed by atoms with van der Waals surface area (Å²) in [6.45, 7) is 5.43. The Balaban J connectivity index is 2.36. The van der Waals surface area contributed by atoms with Crippen molar-refractivity contribution < 1.29 is 0 Å². The maximum Gasteiger partial charge on any atom is 0.126 e. The van der Waals surface area contributed by atoms with E-state index in [4.69, 9.17) is 11.1 Å². The zero-order valence-electron chi connectivity index (χ0n) is 12.5. The zero-order chi connectivity index (χ0) is 14.5. The fourth-order valence-corrected chi connectivity index (χ4v) is 3.36. The first kappa shape index (κ1) is 15.2. The minimum atomic E-state index is 0.193. The first-order valence-corrected chi connectivity index (χ1v) is 8.54. The van der Waals surface area contributed by atoms with Gasteiger partial charge < -0.3 is 10.6 Å². The minimum Gasteiger partial charge on any atom is -0.384 e. The molecular weight excluding hydrogens is 266 g/mol. The van der Waals surface area contributed by atoms with Crippen LogP contribution in [0.2, 0.25) is 0 Å². The fraction of sp³-hybridized carbons (Fsp3) is 0.562. The Kier molecular flexibility index (Phi) is 5.35. The summed E-state index contributed by atoms with van der Waals surface area (Å²) in [5.41, 5.74) is 7.97. The average Bonchev–Trinajstić information content (AvgIpc) is 3.24. The first-order chi connectivity index (χ1) is 9.69. The molecule has 1 aromatic rings. The van der Waals surface area contributed by atoms with E-state index in [9.17, 15) is 0 Å². The molecule has 3 nitrogen and oxygen atoms in total. The molecule has 20 heavy (non-hydrogen) atoms. The zero-order valence-corrected chi connectivity index (χ0v) is 13.3. The summed E-state index contributed by atoms with van der Waals surface area (Å²) in [6, 6.07) is 6.96. The molecule has 0 radical (unpaired) electrons. The maximum atomic E-state index is 7.97. The normalized spacial score (nSPS) is 14.3. The minimum absolute atomic E-state index is 0.193. The number of nitrogens with one attached hydrogen (secondary N) is 1. The number of nitrogen functional groups attached to an aromatic ring is 1. The Labute approximate surface area is 126 Å². The Morgan fingerprint density at radius 1 is 1.40 bits per heavy atom. The largest absolute Gasteiger partial charge is 0.384 e. The lowest BCUT2D eigenvalue weighted by Crippen LogP contribution is -2.30. The number of hydrogen-bond acceptors (Lipinski definition) is 3. The second-order valence-corrected chi connectivity index (χ2v) is 6.58. The van der Waals surface area contributed by atoms with E-state index in [0.29, 0.717) is 6.04 Å². The van der Waals surface area contributed by atoms with E-state index in [1.165, 1.54) is 25.7 Å². The Bertz CT molecular complexity index is 469. The molecule has 0 bridgehead atoms. The van der Waals surface area contributed by atoms with Crippen molar-refractivity contribution in [1.29, 1.82) is 5.41 Å². The molecule has 1 aromatic carbocycles. The van der Waals surface area contributed by atoms with E-state index in [-0.39, 0.29) is 5.84 Å². The van der Waals surface area contributed by atoms with E-state index in [2.05, 4.69) is 36.9 Å². The van der Waals surface area contributed by atoms with Gasteiger partial charge in [-0.25, -0.2) is 0 Å². The molecule has 0 amide bonds. The molecule has 1 saturated carbocycles. The number of anilines is 1. The first-order valence-electron chi connectivity index (χ1n) is 7.55. The molecule has 2 rings (SSSR count). The van der Waals surface area contributed by atoms with Crippen LogP contribution < -0.4 is 10.6 Å². The number of rotatable bonds is 8. The third-order valence-electron chi connectivity index (χ3n) is 3.62. The highest BCUT2D eigenvalue weighted by Crippen LogP contribution is 2.37. The lowest BCUT2D eigenvalue weighted by molar-refractivity contribution is 0.712. The van der Waals surface area contributed by atoms with Crippen LogP contribution in [0.3, 0.4) is 0 Å². The molecule has 0 unspecified atom stereocenters. The summed E-state index contributed by atoms with van der Waals surface area (Å²) in [4.78, 5) is 3.61. The van der Waals surface area contributed by atoms with Gasteiger partial charge in [-0.05, 0) is 37.1 Å². The molecular formula is C16H25N3S. The van der Waals surface area contributed by atoms with Crippen LogP contribution in [0.4, 0.5) is 5.69 Å². The lowest BCUT2D eigenvalue weighted by Gasteiger charge is -2.28. The van der Waals surface area contributed by atoms with Crippen LogP contribution in [0.1, 0.15) is 45.1 Å². The molecule has 0 atom stereocenters. The van der Waals surface area contributed by atoms with Crippen molar-refractivity contribution >= 4 is 23.3 Å². The van der Waals surface area contributed by atoms with E-state index < -0.39 is 0 Å². The van der Waals surface area contributed by atoms with Crippen LogP contribution >= 0.6 is 11.8 Å². The molecule has 4 heteroatoms. The number of nitrogens with two attached hydrogens (primary N) is 1. The van der Waals surface area contributed by atoms with Gasteiger partial charge in [-0.1, -0.05) is 26.3 Å². The summed E-state index contributed by atoms with van der Waals surface area (Å²) in [6.07, 6.45) is 4.93. The summed E-state index contributed by atoms with van der Waals surface area (Å²) in [7, 11) is 0. The molecule has 3 N–H and O–H groups in total.